The van der Waals surface area contributed by atoms with E-state index in [9.17, 15) is 14.7 Å². The second kappa shape index (κ2) is 9.18. The van der Waals surface area contributed by atoms with Gasteiger partial charge in [0.1, 0.15) is 5.82 Å². The summed E-state index contributed by atoms with van der Waals surface area (Å²) in [6.45, 7) is 3.22. The summed E-state index contributed by atoms with van der Waals surface area (Å²) in [5.74, 6) is 2.32. The molecule has 36 heavy (non-hydrogen) atoms. The maximum Gasteiger partial charge on any atom is 0.226 e. The number of pyridine rings is 1. The first-order chi connectivity index (χ1) is 17.4. The molecule has 4 aliphatic carbocycles. The predicted molar refractivity (Wildman–Crippen MR) is 139 cm³/mol. The van der Waals surface area contributed by atoms with Crippen molar-refractivity contribution < 1.29 is 14.7 Å². The Morgan fingerprint density at radius 3 is 2.42 bits per heavy atom. The molecule has 2 heterocycles. The minimum Gasteiger partial charge on any atom is -0.393 e. The summed E-state index contributed by atoms with van der Waals surface area (Å²) in [6.07, 6.45) is 8.65. The van der Waals surface area contributed by atoms with Crippen molar-refractivity contribution in [2.24, 2.45) is 23.2 Å². The molecule has 7 nitrogen and oxygen atoms in total. The molecular weight excluding hydrogens is 452 g/mol. The molecule has 3 N–H and O–H groups in total. The van der Waals surface area contributed by atoms with Crippen molar-refractivity contribution in [3.8, 4) is 11.1 Å². The molecule has 4 bridgehead atoms. The zero-order valence-electron chi connectivity index (χ0n) is 21.0. The van der Waals surface area contributed by atoms with Crippen LogP contribution < -0.4 is 15.5 Å². The molecule has 1 aromatic heterocycles. The van der Waals surface area contributed by atoms with Crippen molar-refractivity contribution in [1.29, 1.82) is 0 Å². The van der Waals surface area contributed by atoms with Gasteiger partial charge in [0, 0.05) is 43.5 Å². The van der Waals surface area contributed by atoms with Gasteiger partial charge in [0.2, 0.25) is 11.8 Å². The van der Waals surface area contributed by atoms with Crippen molar-refractivity contribution in [2.45, 2.75) is 64.0 Å². The summed E-state index contributed by atoms with van der Waals surface area (Å²) in [6, 6.07) is 12.0. The van der Waals surface area contributed by atoms with E-state index in [-0.39, 0.29) is 29.4 Å². The molecule has 190 valence electrons. The van der Waals surface area contributed by atoms with Crippen LogP contribution in [0.3, 0.4) is 0 Å². The smallest absolute Gasteiger partial charge is 0.226 e. The number of carbonyl (C=O) groups excluding carboxylic acids is 2. The van der Waals surface area contributed by atoms with Gasteiger partial charge < -0.3 is 20.6 Å². The van der Waals surface area contributed by atoms with Gasteiger partial charge >= 0.3 is 0 Å². The number of amides is 2. The number of nitrogens with zero attached hydrogens (tertiary/aromatic N) is 2. The van der Waals surface area contributed by atoms with Crippen molar-refractivity contribution in [3.63, 3.8) is 0 Å². The van der Waals surface area contributed by atoms with Crippen LogP contribution in [0.1, 0.15) is 51.9 Å². The van der Waals surface area contributed by atoms with E-state index < -0.39 is 0 Å². The molecule has 5 fully saturated rings. The van der Waals surface area contributed by atoms with E-state index in [0.29, 0.717) is 17.8 Å². The molecule has 1 aromatic carbocycles. The van der Waals surface area contributed by atoms with Gasteiger partial charge in [0.15, 0.2) is 0 Å². The summed E-state index contributed by atoms with van der Waals surface area (Å²) in [5, 5.41) is 16.8. The number of carbonyl (C=O) groups is 2. The maximum absolute atomic E-state index is 13.5. The lowest BCUT2D eigenvalue weighted by Gasteiger charge is -2.58. The summed E-state index contributed by atoms with van der Waals surface area (Å²) in [7, 11) is 0. The van der Waals surface area contributed by atoms with E-state index in [0.717, 1.165) is 80.7 Å². The van der Waals surface area contributed by atoms with Gasteiger partial charge in [-0.15, -0.1) is 0 Å². The van der Waals surface area contributed by atoms with Gasteiger partial charge in [-0.1, -0.05) is 12.1 Å². The molecule has 4 saturated carbocycles. The normalized spacial score (nSPS) is 32.8. The number of benzene rings is 1. The predicted octanol–water partition coefficient (Wildman–Crippen LogP) is 3.98. The first-order valence-corrected chi connectivity index (χ1v) is 13.5. The van der Waals surface area contributed by atoms with E-state index in [2.05, 4.69) is 27.7 Å². The standard InChI is InChI=1S/C29H36N4O3/c1-18(34)31-24-7-4-20(5-8-24)21-6-9-26(30-16-21)33-10-2-3-25(17-33)32-28(36)29-13-19-11-22(14-29)27(35)23(12-19)15-29/h4-9,16,19,22-23,25,27,35H,2-3,10-15,17H2,1H3,(H,31,34)(H,32,36)/t19?,22?,23?,25-,27?,29?/m0/s1. The fraction of sp³-hybridized carbons (Fsp3) is 0.552. The second-order valence-electron chi connectivity index (χ2n) is 11.7. The van der Waals surface area contributed by atoms with E-state index >= 15 is 0 Å². The fourth-order valence-corrected chi connectivity index (χ4v) is 7.61. The molecule has 5 aliphatic rings. The second-order valence-corrected chi connectivity index (χ2v) is 11.7. The zero-order chi connectivity index (χ0) is 24.9. The minimum atomic E-state index is -0.257. The van der Waals surface area contributed by atoms with Gasteiger partial charge in [-0.3, -0.25) is 9.59 Å². The van der Waals surface area contributed by atoms with Crippen LogP contribution in [-0.2, 0) is 9.59 Å². The van der Waals surface area contributed by atoms with Gasteiger partial charge in [-0.05, 0) is 92.5 Å². The van der Waals surface area contributed by atoms with Gasteiger partial charge in [0.25, 0.3) is 0 Å². The number of aliphatic hydroxyl groups is 1. The van der Waals surface area contributed by atoms with Gasteiger partial charge in [-0.2, -0.15) is 0 Å². The third-order valence-electron chi connectivity index (χ3n) is 9.07. The third-order valence-corrected chi connectivity index (χ3v) is 9.07. The lowest BCUT2D eigenvalue weighted by Crippen LogP contribution is -2.60. The maximum atomic E-state index is 13.5. The van der Waals surface area contributed by atoms with Crippen LogP contribution in [0, 0.1) is 23.2 Å². The molecule has 7 heteroatoms. The number of anilines is 2. The third kappa shape index (κ3) is 4.38. The topological polar surface area (TPSA) is 94.6 Å². The number of piperidine rings is 1. The SMILES string of the molecule is CC(=O)Nc1ccc(-c2ccc(N3CCC[C@H](NC(=O)C45CC6CC(C4)C(O)C(C6)C5)C3)nc2)cc1. The average molecular weight is 489 g/mol. The van der Waals surface area contributed by atoms with Crippen LogP contribution in [0.4, 0.5) is 11.5 Å². The number of aromatic nitrogens is 1. The molecule has 1 saturated heterocycles. The minimum absolute atomic E-state index is 0.0819. The van der Waals surface area contributed by atoms with Crippen molar-refractivity contribution in [3.05, 3.63) is 42.6 Å². The van der Waals surface area contributed by atoms with E-state index in [4.69, 9.17) is 4.98 Å². The average Bonchev–Trinajstić information content (AvgIpc) is 2.87. The highest BCUT2D eigenvalue weighted by Crippen LogP contribution is 2.60. The lowest BCUT2D eigenvalue weighted by molar-refractivity contribution is -0.163. The highest BCUT2D eigenvalue weighted by molar-refractivity contribution is 5.89. The number of aliphatic hydroxyl groups excluding tert-OH is 1. The van der Waals surface area contributed by atoms with Crippen LogP contribution in [0.2, 0.25) is 0 Å². The van der Waals surface area contributed by atoms with Crippen LogP contribution in [0.5, 0.6) is 0 Å². The fourth-order valence-electron chi connectivity index (χ4n) is 7.61. The van der Waals surface area contributed by atoms with E-state index in [1.807, 2.05) is 30.5 Å². The Morgan fingerprint density at radius 1 is 1.03 bits per heavy atom. The Balaban J connectivity index is 1.09. The Hall–Kier alpha value is -2.93. The highest BCUT2D eigenvalue weighted by Gasteiger charge is 2.58. The molecule has 3 atom stereocenters. The van der Waals surface area contributed by atoms with Crippen LogP contribution in [0.15, 0.2) is 42.6 Å². The lowest BCUT2D eigenvalue weighted by atomic mass is 9.48. The number of rotatable bonds is 5. The molecule has 2 unspecified atom stereocenters. The Morgan fingerprint density at radius 2 is 1.75 bits per heavy atom. The van der Waals surface area contributed by atoms with E-state index in [1.54, 1.807) is 0 Å². The number of hydrogen-bond acceptors (Lipinski definition) is 5. The molecule has 2 amide bonds. The molecule has 0 radical (unpaired) electrons. The van der Waals surface area contributed by atoms with Crippen LogP contribution in [-0.4, -0.2) is 47.1 Å². The molecular formula is C29H36N4O3. The highest BCUT2D eigenvalue weighted by atomic mass is 16.3. The molecule has 2 aromatic rings. The monoisotopic (exact) mass is 488 g/mol. The van der Waals surface area contributed by atoms with Crippen LogP contribution in [0.25, 0.3) is 11.1 Å². The number of nitrogens with one attached hydrogen (secondary N) is 2. The molecule has 7 rings (SSSR count). The Bertz CT molecular complexity index is 1120. The van der Waals surface area contributed by atoms with Crippen molar-refractivity contribution >= 4 is 23.3 Å². The zero-order valence-corrected chi connectivity index (χ0v) is 21.0. The quantitative estimate of drug-likeness (QED) is 0.592. The van der Waals surface area contributed by atoms with Crippen LogP contribution >= 0.6 is 0 Å². The summed E-state index contributed by atoms with van der Waals surface area (Å²) in [4.78, 5) is 31.8. The van der Waals surface area contributed by atoms with E-state index in [1.165, 1.54) is 6.92 Å². The first kappa shape index (κ1) is 23.5. The molecule has 0 spiro atoms. The Kier molecular flexibility index (Phi) is 5.98. The summed E-state index contributed by atoms with van der Waals surface area (Å²) in [5.41, 5.74) is 2.60. The first-order valence-electron chi connectivity index (χ1n) is 13.5. The summed E-state index contributed by atoms with van der Waals surface area (Å²) < 4.78 is 0. The summed E-state index contributed by atoms with van der Waals surface area (Å²) >= 11 is 0. The van der Waals surface area contributed by atoms with Gasteiger partial charge in [0.05, 0.1) is 11.5 Å². The van der Waals surface area contributed by atoms with Gasteiger partial charge in [-0.25, -0.2) is 4.98 Å². The largest absolute Gasteiger partial charge is 0.393 e. The van der Waals surface area contributed by atoms with Crippen molar-refractivity contribution in [1.82, 2.24) is 10.3 Å². The number of hydrogen-bond donors (Lipinski definition) is 3. The van der Waals surface area contributed by atoms with Crippen molar-refractivity contribution in [2.75, 3.05) is 23.3 Å². The Labute approximate surface area is 212 Å². The molecule has 1 aliphatic heterocycles.